The quantitative estimate of drug-likeness (QED) is 0.642. The molecule has 5 atom stereocenters. The molecule has 0 spiro atoms. The van der Waals surface area contributed by atoms with Gasteiger partial charge in [-0.05, 0) is 20.8 Å². The summed E-state index contributed by atoms with van der Waals surface area (Å²) < 4.78 is 5.68. The molecule has 1 saturated heterocycles. The van der Waals surface area contributed by atoms with Gasteiger partial charge in [-0.3, -0.25) is 4.79 Å². The zero-order valence-electron chi connectivity index (χ0n) is 11.2. The molecule has 1 aliphatic rings. The molecule has 0 aromatic heterocycles. The van der Waals surface area contributed by atoms with Gasteiger partial charge in [0.05, 0.1) is 30.0 Å². The van der Waals surface area contributed by atoms with E-state index in [0.717, 1.165) is 0 Å². The normalized spacial score (nSPS) is 46.6. The topological polar surface area (TPSA) is 78.8 Å². The third-order valence-corrected chi connectivity index (χ3v) is 4.30. The first-order chi connectivity index (χ1) is 7.66. The molecule has 0 aromatic rings. The molecule has 0 aliphatic carbocycles. The molecule has 0 bridgehead atoms. The number of aliphatic hydroxyl groups excluding tert-OH is 1. The van der Waals surface area contributed by atoms with Gasteiger partial charge in [-0.25, -0.2) is 0 Å². The van der Waals surface area contributed by atoms with E-state index in [4.69, 9.17) is 4.74 Å². The maximum Gasteiger partial charge on any atom is 0.217 e. The minimum Gasteiger partial charge on any atom is -0.394 e. The van der Waals surface area contributed by atoms with Crippen LogP contribution < -0.4 is 5.32 Å². The summed E-state index contributed by atoms with van der Waals surface area (Å²) in [5.74, 6) is -0.488. The third-order valence-electron chi connectivity index (χ3n) is 4.30. The van der Waals surface area contributed by atoms with Gasteiger partial charge >= 0.3 is 0 Å². The Morgan fingerprint density at radius 2 is 1.94 bits per heavy atom. The van der Waals surface area contributed by atoms with Crippen molar-refractivity contribution in [3.63, 3.8) is 0 Å². The Bertz CT molecular complexity index is 305. The summed E-state index contributed by atoms with van der Waals surface area (Å²) in [5.41, 5.74) is -2.02. The molecule has 1 heterocycles. The van der Waals surface area contributed by atoms with Gasteiger partial charge in [-0.1, -0.05) is 6.92 Å². The zero-order valence-corrected chi connectivity index (χ0v) is 11.2. The molecule has 5 nitrogen and oxygen atoms in total. The Balaban J connectivity index is 3.09. The number of rotatable bonds is 2. The minimum absolute atomic E-state index is 0.141. The van der Waals surface area contributed by atoms with Crippen molar-refractivity contribution in [2.45, 2.75) is 58.0 Å². The lowest BCUT2D eigenvalue weighted by Gasteiger charge is -2.56. The summed E-state index contributed by atoms with van der Waals surface area (Å²) >= 11 is 0. The number of amides is 1. The molecule has 1 fully saturated rings. The van der Waals surface area contributed by atoms with Crippen LogP contribution in [0.15, 0.2) is 0 Å². The molecule has 0 aromatic carbocycles. The van der Waals surface area contributed by atoms with Crippen LogP contribution in [0.4, 0.5) is 0 Å². The fourth-order valence-electron chi connectivity index (χ4n) is 2.56. The first-order valence-corrected chi connectivity index (χ1v) is 5.94. The number of carbonyl (C=O) groups excluding carboxylic acids is 1. The number of aliphatic hydroxyl groups is 2. The Kier molecular flexibility index (Phi) is 3.86. The fourth-order valence-corrected chi connectivity index (χ4v) is 2.56. The lowest BCUT2D eigenvalue weighted by Crippen LogP contribution is -2.74. The molecule has 3 N–H and O–H groups in total. The van der Waals surface area contributed by atoms with Gasteiger partial charge in [0, 0.05) is 12.8 Å². The van der Waals surface area contributed by atoms with E-state index in [1.807, 2.05) is 6.92 Å². The smallest absolute Gasteiger partial charge is 0.217 e. The highest BCUT2D eigenvalue weighted by molar-refractivity contribution is 5.74. The molecule has 1 amide bonds. The van der Waals surface area contributed by atoms with Crippen molar-refractivity contribution >= 4 is 5.91 Å². The van der Waals surface area contributed by atoms with E-state index in [0.29, 0.717) is 0 Å². The molecule has 1 rings (SSSR count). The second kappa shape index (κ2) is 4.55. The monoisotopic (exact) mass is 245 g/mol. The Hall–Kier alpha value is -0.650. The number of ether oxygens (including phenoxy) is 1. The first kappa shape index (κ1) is 14.4. The SMILES string of the molecule is CC(=O)NC1(C)C(C)OC(CO)C(C)C1(C)O. The van der Waals surface area contributed by atoms with Crippen LogP contribution >= 0.6 is 0 Å². The third kappa shape index (κ3) is 2.19. The molecule has 5 unspecified atom stereocenters. The lowest BCUT2D eigenvalue weighted by molar-refractivity contribution is -0.230. The average molecular weight is 245 g/mol. The van der Waals surface area contributed by atoms with Gasteiger partial charge in [0.2, 0.25) is 5.91 Å². The summed E-state index contributed by atoms with van der Waals surface area (Å²) in [4.78, 5) is 11.3. The molecule has 100 valence electrons. The number of carbonyl (C=O) groups is 1. The highest BCUT2D eigenvalue weighted by Gasteiger charge is 2.57. The Morgan fingerprint density at radius 1 is 1.41 bits per heavy atom. The standard InChI is InChI=1S/C12H23NO4/c1-7-10(6-14)17-8(2)11(4,12(7,5)16)13-9(3)15/h7-8,10,14,16H,6H2,1-5H3,(H,13,15). The van der Waals surface area contributed by atoms with Gasteiger partial charge < -0.3 is 20.3 Å². The van der Waals surface area contributed by atoms with Crippen molar-refractivity contribution in [2.24, 2.45) is 5.92 Å². The van der Waals surface area contributed by atoms with Crippen LogP contribution in [0.3, 0.4) is 0 Å². The molecule has 0 radical (unpaired) electrons. The van der Waals surface area contributed by atoms with Crippen molar-refractivity contribution in [2.75, 3.05) is 6.61 Å². The minimum atomic E-state index is -1.15. The van der Waals surface area contributed by atoms with Gasteiger partial charge in [0.25, 0.3) is 0 Å². The molecule has 1 aliphatic heterocycles. The van der Waals surface area contributed by atoms with E-state index in [1.165, 1.54) is 6.92 Å². The van der Waals surface area contributed by atoms with E-state index in [9.17, 15) is 15.0 Å². The summed E-state index contributed by atoms with van der Waals surface area (Å²) in [6, 6.07) is 0. The van der Waals surface area contributed by atoms with Crippen molar-refractivity contribution in [1.82, 2.24) is 5.32 Å². The molecule has 5 heteroatoms. The second-order valence-electron chi connectivity index (χ2n) is 5.32. The van der Waals surface area contributed by atoms with Crippen LogP contribution in [-0.4, -0.2) is 46.1 Å². The molecule has 17 heavy (non-hydrogen) atoms. The number of nitrogens with one attached hydrogen (secondary N) is 1. The van der Waals surface area contributed by atoms with Crippen LogP contribution in [0.25, 0.3) is 0 Å². The van der Waals surface area contributed by atoms with E-state index < -0.39 is 17.2 Å². The molecular formula is C12H23NO4. The van der Waals surface area contributed by atoms with Crippen molar-refractivity contribution in [3.05, 3.63) is 0 Å². The maximum absolute atomic E-state index is 11.3. The van der Waals surface area contributed by atoms with Crippen molar-refractivity contribution in [1.29, 1.82) is 0 Å². The van der Waals surface area contributed by atoms with Crippen LogP contribution in [0.2, 0.25) is 0 Å². The van der Waals surface area contributed by atoms with Crippen LogP contribution in [0.1, 0.15) is 34.6 Å². The average Bonchev–Trinajstić information content (AvgIpc) is 2.21. The van der Waals surface area contributed by atoms with E-state index in [2.05, 4.69) is 5.32 Å². The zero-order chi connectivity index (χ0) is 13.4. The fraction of sp³-hybridized carbons (Fsp3) is 0.917. The van der Waals surface area contributed by atoms with Gasteiger partial charge in [-0.2, -0.15) is 0 Å². The first-order valence-electron chi connectivity index (χ1n) is 5.94. The van der Waals surface area contributed by atoms with Gasteiger partial charge in [-0.15, -0.1) is 0 Å². The van der Waals surface area contributed by atoms with Crippen molar-refractivity contribution < 1.29 is 19.7 Å². The number of hydrogen-bond donors (Lipinski definition) is 3. The van der Waals surface area contributed by atoms with E-state index in [-0.39, 0.29) is 24.5 Å². The maximum atomic E-state index is 11.3. The van der Waals surface area contributed by atoms with Crippen LogP contribution in [0.5, 0.6) is 0 Å². The molecule has 0 saturated carbocycles. The second-order valence-corrected chi connectivity index (χ2v) is 5.32. The van der Waals surface area contributed by atoms with Crippen molar-refractivity contribution in [3.8, 4) is 0 Å². The summed E-state index contributed by atoms with van der Waals surface area (Å²) in [6.45, 7) is 8.32. The number of hydrogen-bond acceptors (Lipinski definition) is 4. The largest absolute Gasteiger partial charge is 0.394 e. The molecular weight excluding hydrogens is 222 g/mol. The summed E-state index contributed by atoms with van der Waals surface area (Å²) in [5, 5.41) is 22.7. The highest BCUT2D eigenvalue weighted by Crippen LogP contribution is 2.41. The lowest BCUT2D eigenvalue weighted by atomic mass is 9.67. The predicted octanol–water partition coefficient (Wildman–Crippen LogP) is 0.0479. The van der Waals surface area contributed by atoms with Crippen LogP contribution in [0, 0.1) is 5.92 Å². The van der Waals surface area contributed by atoms with Gasteiger partial charge in [0.15, 0.2) is 0 Å². The Labute approximate surface area is 102 Å². The van der Waals surface area contributed by atoms with E-state index >= 15 is 0 Å². The highest BCUT2D eigenvalue weighted by atomic mass is 16.5. The van der Waals surface area contributed by atoms with Crippen LogP contribution in [-0.2, 0) is 9.53 Å². The summed E-state index contributed by atoms with van der Waals surface area (Å²) in [7, 11) is 0. The Morgan fingerprint density at radius 3 is 2.35 bits per heavy atom. The predicted molar refractivity (Wildman–Crippen MR) is 63.4 cm³/mol. The van der Waals surface area contributed by atoms with E-state index in [1.54, 1.807) is 20.8 Å². The summed E-state index contributed by atoms with van der Waals surface area (Å²) in [6.07, 6.45) is -0.795. The van der Waals surface area contributed by atoms with Gasteiger partial charge in [0.1, 0.15) is 0 Å².